The lowest BCUT2D eigenvalue weighted by Gasteiger charge is -2.43. The maximum Gasteiger partial charge on any atom is 0.0543 e. The molecule has 0 spiro atoms. The smallest absolute Gasteiger partial charge is 0.0543 e. The highest BCUT2D eigenvalue weighted by Crippen LogP contribution is 2.45. The van der Waals surface area contributed by atoms with Gasteiger partial charge in [0.15, 0.2) is 0 Å². The molecule has 2 aliphatic rings. The number of unbranched alkanes of at least 4 members (excludes halogenated alkanes) is 2. The summed E-state index contributed by atoms with van der Waals surface area (Å²) in [5.41, 5.74) is 0. The normalized spacial score (nSPS) is 39.4. The van der Waals surface area contributed by atoms with E-state index in [9.17, 15) is 5.11 Å². The van der Waals surface area contributed by atoms with Gasteiger partial charge in [-0.15, -0.1) is 0 Å². The lowest BCUT2D eigenvalue weighted by Crippen LogP contribution is -2.35. The molecule has 16 heavy (non-hydrogen) atoms. The van der Waals surface area contributed by atoms with Crippen LogP contribution in [0.5, 0.6) is 0 Å². The van der Waals surface area contributed by atoms with Crippen LogP contribution in [-0.2, 0) is 0 Å². The number of rotatable bonds is 4. The van der Waals surface area contributed by atoms with Crippen molar-refractivity contribution in [3.63, 3.8) is 0 Å². The van der Waals surface area contributed by atoms with E-state index in [1.54, 1.807) is 0 Å². The zero-order valence-corrected chi connectivity index (χ0v) is 10.8. The molecule has 0 amide bonds. The zero-order valence-electron chi connectivity index (χ0n) is 10.8. The summed E-state index contributed by atoms with van der Waals surface area (Å²) in [7, 11) is 0. The van der Waals surface area contributed by atoms with Crippen LogP contribution in [0.3, 0.4) is 0 Å². The van der Waals surface area contributed by atoms with Gasteiger partial charge in [-0.2, -0.15) is 0 Å². The van der Waals surface area contributed by atoms with Gasteiger partial charge in [-0.1, -0.05) is 51.9 Å². The van der Waals surface area contributed by atoms with E-state index in [0.29, 0.717) is 0 Å². The van der Waals surface area contributed by atoms with Gasteiger partial charge in [-0.3, -0.25) is 0 Å². The Bertz CT molecular complexity index is 202. The number of hydrogen-bond acceptors (Lipinski definition) is 1. The van der Waals surface area contributed by atoms with E-state index in [1.807, 2.05) is 0 Å². The first kappa shape index (κ1) is 12.4. The van der Waals surface area contributed by atoms with Crippen molar-refractivity contribution in [1.82, 2.24) is 0 Å². The Morgan fingerprint density at radius 1 is 1.06 bits per heavy atom. The molecule has 4 unspecified atom stereocenters. The molecular formula is C15H28O. The van der Waals surface area contributed by atoms with Crippen LogP contribution in [0.4, 0.5) is 0 Å². The third kappa shape index (κ3) is 3.00. The SMILES string of the molecule is CCCCCC1CCCC2CCC(O)CC12. The standard InChI is InChI=1S/C15H28O/c1-2-3-4-6-12-7-5-8-13-9-10-14(16)11-15(12)13/h12-16H,2-11H2,1H3. The summed E-state index contributed by atoms with van der Waals surface area (Å²) in [6.07, 6.45) is 13.4. The molecule has 0 saturated heterocycles. The molecule has 0 heterocycles. The first-order chi connectivity index (χ1) is 7.81. The van der Waals surface area contributed by atoms with Crippen LogP contribution in [-0.4, -0.2) is 11.2 Å². The lowest BCUT2D eigenvalue weighted by molar-refractivity contribution is 0.0156. The quantitative estimate of drug-likeness (QED) is 0.711. The fourth-order valence-electron chi connectivity index (χ4n) is 4.05. The largest absolute Gasteiger partial charge is 0.393 e. The predicted octanol–water partition coefficient (Wildman–Crippen LogP) is 4.14. The maximum absolute atomic E-state index is 9.84. The van der Waals surface area contributed by atoms with Crippen LogP contribution in [0.1, 0.15) is 71.1 Å². The first-order valence-electron chi connectivity index (χ1n) is 7.49. The minimum atomic E-state index is 0.0213. The molecule has 1 heteroatoms. The molecule has 0 aliphatic heterocycles. The van der Waals surface area contributed by atoms with Gasteiger partial charge < -0.3 is 5.11 Å². The molecule has 0 radical (unpaired) electrons. The topological polar surface area (TPSA) is 20.2 Å². The molecule has 94 valence electrons. The van der Waals surface area contributed by atoms with Crippen molar-refractivity contribution in [2.24, 2.45) is 17.8 Å². The van der Waals surface area contributed by atoms with Crippen LogP contribution in [0.2, 0.25) is 0 Å². The van der Waals surface area contributed by atoms with Gasteiger partial charge in [0.2, 0.25) is 0 Å². The van der Waals surface area contributed by atoms with E-state index in [-0.39, 0.29) is 6.10 Å². The molecule has 2 saturated carbocycles. The summed E-state index contributed by atoms with van der Waals surface area (Å²) in [6.45, 7) is 2.29. The fourth-order valence-corrected chi connectivity index (χ4v) is 4.05. The van der Waals surface area contributed by atoms with Crippen LogP contribution in [0.15, 0.2) is 0 Å². The van der Waals surface area contributed by atoms with Crippen LogP contribution < -0.4 is 0 Å². The summed E-state index contributed by atoms with van der Waals surface area (Å²) >= 11 is 0. The molecule has 0 bridgehead atoms. The third-order valence-corrected chi connectivity index (χ3v) is 4.95. The van der Waals surface area contributed by atoms with Crippen molar-refractivity contribution < 1.29 is 5.11 Å². The van der Waals surface area contributed by atoms with Gasteiger partial charge in [0.25, 0.3) is 0 Å². The fraction of sp³-hybridized carbons (Fsp3) is 1.00. The van der Waals surface area contributed by atoms with Gasteiger partial charge in [0.05, 0.1) is 6.10 Å². The molecule has 2 rings (SSSR count). The average Bonchev–Trinajstić information content (AvgIpc) is 2.30. The van der Waals surface area contributed by atoms with Gasteiger partial charge in [-0.05, 0) is 37.0 Å². The Kier molecular flexibility index (Phi) is 4.69. The molecule has 1 N–H and O–H groups in total. The second-order valence-electron chi connectivity index (χ2n) is 6.08. The molecule has 1 nitrogen and oxygen atoms in total. The Balaban J connectivity index is 1.85. The van der Waals surface area contributed by atoms with E-state index in [4.69, 9.17) is 0 Å². The average molecular weight is 224 g/mol. The molecular weight excluding hydrogens is 196 g/mol. The summed E-state index contributed by atoms with van der Waals surface area (Å²) in [5, 5.41) is 9.84. The van der Waals surface area contributed by atoms with Crippen molar-refractivity contribution >= 4 is 0 Å². The highest BCUT2D eigenvalue weighted by molar-refractivity contribution is 4.87. The molecule has 4 atom stereocenters. The van der Waals surface area contributed by atoms with Crippen molar-refractivity contribution in [2.45, 2.75) is 77.2 Å². The number of aliphatic hydroxyl groups is 1. The van der Waals surface area contributed by atoms with E-state index in [1.165, 1.54) is 51.4 Å². The highest BCUT2D eigenvalue weighted by atomic mass is 16.3. The summed E-state index contributed by atoms with van der Waals surface area (Å²) in [5.74, 6) is 2.78. The van der Waals surface area contributed by atoms with Crippen LogP contribution >= 0.6 is 0 Å². The highest BCUT2D eigenvalue weighted by Gasteiger charge is 2.36. The monoisotopic (exact) mass is 224 g/mol. The maximum atomic E-state index is 9.84. The van der Waals surface area contributed by atoms with E-state index in [2.05, 4.69) is 6.92 Å². The molecule has 2 aliphatic carbocycles. The second kappa shape index (κ2) is 6.05. The van der Waals surface area contributed by atoms with E-state index < -0.39 is 0 Å². The van der Waals surface area contributed by atoms with Gasteiger partial charge in [0, 0.05) is 0 Å². The van der Waals surface area contributed by atoms with Gasteiger partial charge in [0.1, 0.15) is 0 Å². The Labute approximate surface area is 101 Å². The lowest BCUT2D eigenvalue weighted by atomic mass is 9.64. The molecule has 0 aromatic heterocycles. The summed E-state index contributed by atoms with van der Waals surface area (Å²) in [6, 6.07) is 0. The van der Waals surface area contributed by atoms with Crippen molar-refractivity contribution in [3.8, 4) is 0 Å². The Morgan fingerprint density at radius 2 is 1.94 bits per heavy atom. The minimum absolute atomic E-state index is 0.0213. The first-order valence-corrected chi connectivity index (χ1v) is 7.49. The van der Waals surface area contributed by atoms with Crippen molar-refractivity contribution in [2.75, 3.05) is 0 Å². The zero-order chi connectivity index (χ0) is 11.4. The minimum Gasteiger partial charge on any atom is -0.393 e. The van der Waals surface area contributed by atoms with E-state index >= 15 is 0 Å². The van der Waals surface area contributed by atoms with Crippen molar-refractivity contribution in [1.29, 1.82) is 0 Å². The molecule has 0 aromatic carbocycles. The summed E-state index contributed by atoms with van der Waals surface area (Å²) in [4.78, 5) is 0. The molecule has 0 aromatic rings. The number of hydrogen-bond donors (Lipinski definition) is 1. The third-order valence-electron chi connectivity index (χ3n) is 4.95. The summed E-state index contributed by atoms with van der Waals surface area (Å²) < 4.78 is 0. The Morgan fingerprint density at radius 3 is 2.75 bits per heavy atom. The molecule has 2 fully saturated rings. The van der Waals surface area contributed by atoms with Crippen LogP contribution in [0.25, 0.3) is 0 Å². The second-order valence-corrected chi connectivity index (χ2v) is 6.08. The van der Waals surface area contributed by atoms with Crippen LogP contribution in [0, 0.1) is 17.8 Å². The van der Waals surface area contributed by atoms with E-state index in [0.717, 1.165) is 30.6 Å². The van der Waals surface area contributed by atoms with Crippen molar-refractivity contribution in [3.05, 3.63) is 0 Å². The predicted molar refractivity (Wildman–Crippen MR) is 68.3 cm³/mol. The Hall–Kier alpha value is -0.0400. The number of aliphatic hydroxyl groups excluding tert-OH is 1. The van der Waals surface area contributed by atoms with Gasteiger partial charge >= 0.3 is 0 Å². The van der Waals surface area contributed by atoms with Gasteiger partial charge in [-0.25, -0.2) is 0 Å². The number of fused-ring (bicyclic) bond motifs is 1.